The highest BCUT2D eigenvalue weighted by molar-refractivity contribution is 5.81. The van der Waals surface area contributed by atoms with E-state index in [0.29, 0.717) is 29.8 Å². The Kier molecular flexibility index (Phi) is 2.98. The third-order valence-corrected chi connectivity index (χ3v) is 5.34. The molecule has 2 fully saturated rings. The standard InChI is InChI=1S/C18H24N2O/c1-12(2)20-16-6-4-3-5-14(16)15-11-19(10-9-17(15)20)18(21)13-7-8-13/h3-6,12-13,15,17H,7-11H2,1-2H3/t15-,17+/m0/s1. The smallest absolute Gasteiger partial charge is 0.225 e. The quantitative estimate of drug-likeness (QED) is 0.833. The fraction of sp³-hybridized carbons (Fsp3) is 0.611. The van der Waals surface area contributed by atoms with Gasteiger partial charge in [-0.05, 0) is 44.7 Å². The van der Waals surface area contributed by atoms with Gasteiger partial charge in [0.2, 0.25) is 5.91 Å². The lowest BCUT2D eigenvalue weighted by Gasteiger charge is -2.40. The van der Waals surface area contributed by atoms with E-state index in [-0.39, 0.29) is 0 Å². The number of carbonyl (C=O) groups is 1. The van der Waals surface area contributed by atoms with Crippen LogP contribution in [0.1, 0.15) is 44.6 Å². The molecule has 2 atom stereocenters. The normalized spacial score (nSPS) is 27.8. The van der Waals surface area contributed by atoms with Crippen molar-refractivity contribution in [3.63, 3.8) is 0 Å². The molecule has 3 aliphatic rings. The van der Waals surface area contributed by atoms with E-state index in [9.17, 15) is 4.79 Å². The molecule has 3 nitrogen and oxygen atoms in total. The highest BCUT2D eigenvalue weighted by atomic mass is 16.2. The molecule has 3 heteroatoms. The first-order chi connectivity index (χ1) is 10.2. The number of amides is 1. The lowest BCUT2D eigenvalue weighted by atomic mass is 9.88. The van der Waals surface area contributed by atoms with Gasteiger partial charge in [0.15, 0.2) is 0 Å². The molecule has 0 radical (unpaired) electrons. The first kappa shape index (κ1) is 13.2. The highest BCUT2D eigenvalue weighted by Crippen LogP contribution is 2.46. The van der Waals surface area contributed by atoms with Crippen molar-refractivity contribution in [3.8, 4) is 0 Å². The van der Waals surface area contributed by atoms with E-state index in [1.165, 1.54) is 11.3 Å². The number of anilines is 1. The Morgan fingerprint density at radius 3 is 2.67 bits per heavy atom. The molecule has 0 N–H and O–H groups in total. The Morgan fingerprint density at radius 2 is 1.95 bits per heavy atom. The molecule has 21 heavy (non-hydrogen) atoms. The summed E-state index contributed by atoms with van der Waals surface area (Å²) < 4.78 is 0. The second-order valence-electron chi connectivity index (χ2n) is 7.08. The van der Waals surface area contributed by atoms with Crippen LogP contribution in [0.25, 0.3) is 0 Å². The maximum Gasteiger partial charge on any atom is 0.225 e. The summed E-state index contributed by atoms with van der Waals surface area (Å²) in [4.78, 5) is 17.1. The molecule has 0 aromatic heterocycles. The first-order valence-corrected chi connectivity index (χ1v) is 8.33. The van der Waals surface area contributed by atoms with Gasteiger partial charge in [-0.15, -0.1) is 0 Å². The molecule has 0 spiro atoms. The summed E-state index contributed by atoms with van der Waals surface area (Å²) in [6.45, 7) is 6.41. The first-order valence-electron chi connectivity index (χ1n) is 8.33. The van der Waals surface area contributed by atoms with Gasteiger partial charge < -0.3 is 9.80 Å². The Balaban J connectivity index is 1.64. The van der Waals surface area contributed by atoms with Gasteiger partial charge in [-0.3, -0.25) is 4.79 Å². The number of benzene rings is 1. The van der Waals surface area contributed by atoms with Gasteiger partial charge in [-0.25, -0.2) is 0 Å². The predicted molar refractivity (Wildman–Crippen MR) is 84.5 cm³/mol. The molecule has 0 unspecified atom stereocenters. The Labute approximate surface area is 126 Å². The van der Waals surface area contributed by atoms with E-state index in [1.807, 2.05) is 0 Å². The largest absolute Gasteiger partial charge is 0.365 e. The number of hydrogen-bond donors (Lipinski definition) is 0. The van der Waals surface area contributed by atoms with Crippen LogP contribution in [0, 0.1) is 5.92 Å². The van der Waals surface area contributed by atoms with Crippen molar-refractivity contribution >= 4 is 11.6 Å². The molecular formula is C18H24N2O. The van der Waals surface area contributed by atoms with Crippen LogP contribution in [-0.2, 0) is 4.79 Å². The molecule has 1 aliphatic carbocycles. The van der Waals surface area contributed by atoms with E-state index in [2.05, 4.69) is 47.9 Å². The van der Waals surface area contributed by atoms with Gasteiger partial charge in [-0.2, -0.15) is 0 Å². The topological polar surface area (TPSA) is 23.6 Å². The molecule has 1 aromatic rings. The molecule has 2 heterocycles. The van der Waals surface area contributed by atoms with Gasteiger partial charge in [0.05, 0.1) is 0 Å². The molecule has 1 saturated heterocycles. The zero-order valence-corrected chi connectivity index (χ0v) is 13.0. The van der Waals surface area contributed by atoms with E-state index in [0.717, 1.165) is 32.4 Å². The molecule has 0 bridgehead atoms. The molecule has 112 valence electrons. The van der Waals surface area contributed by atoms with Crippen LogP contribution < -0.4 is 4.90 Å². The summed E-state index contributed by atoms with van der Waals surface area (Å²) in [6.07, 6.45) is 3.33. The van der Waals surface area contributed by atoms with E-state index in [1.54, 1.807) is 0 Å². The van der Waals surface area contributed by atoms with Gasteiger partial charge in [0, 0.05) is 42.7 Å². The fourth-order valence-electron chi connectivity index (χ4n) is 4.24. The summed E-state index contributed by atoms with van der Waals surface area (Å²) in [6, 6.07) is 9.89. The summed E-state index contributed by atoms with van der Waals surface area (Å²) in [5.41, 5.74) is 2.84. The number of hydrogen-bond acceptors (Lipinski definition) is 2. The minimum absolute atomic E-state index is 0.347. The van der Waals surface area contributed by atoms with Crippen molar-refractivity contribution in [2.45, 2.75) is 51.1 Å². The maximum atomic E-state index is 12.4. The van der Waals surface area contributed by atoms with Crippen molar-refractivity contribution in [3.05, 3.63) is 29.8 Å². The lowest BCUT2D eigenvalue weighted by Crippen LogP contribution is -2.50. The number of carbonyl (C=O) groups excluding carboxylic acids is 1. The Bertz CT molecular complexity index is 564. The number of para-hydroxylation sites is 1. The van der Waals surface area contributed by atoms with Crippen LogP contribution in [0.5, 0.6) is 0 Å². The monoisotopic (exact) mass is 284 g/mol. The predicted octanol–water partition coefficient (Wildman–Crippen LogP) is 3.01. The van der Waals surface area contributed by atoms with Crippen LogP contribution in [0.15, 0.2) is 24.3 Å². The molecule has 1 saturated carbocycles. The van der Waals surface area contributed by atoms with Crippen molar-refractivity contribution in [1.82, 2.24) is 4.90 Å². The maximum absolute atomic E-state index is 12.4. The second kappa shape index (κ2) is 4.75. The molecule has 1 aromatic carbocycles. The van der Waals surface area contributed by atoms with Crippen LogP contribution in [0.3, 0.4) is 0 Å². The Hall–Kier alpha value is -1.51. The fourth-order valence-corrected chi connectivity index (χ4v) is 4.24. The average molecular weight is 284 g/mol. The van der Waals surface area contributed by atoms with Crippen LogP contribution in [-0.4, -0.2) is 36.0 Å². The van der Waals surface area contributed by atoms with Crippen molar-refractivity contribution in [1.29, 1.82) is 0 Å². The van der Waals surface area contributed by atoms with E-state index in [4.69, 9.17) is 0 Å². The summed E-state index contributed by atoms with van der Waals surface area (Å²) in [5.74, 6) is 1.26. The zero-order chi connectivity index (χ0) is 14.6. The number of piperidine rings is 1. The zero-order valence-electron chi connectivity index (χ0n) is 13.0. The minimum Gasteiger partial charge on any atom is -0.365 e. The SMILES string of the molecule is CC(C)N1c2ccccc2[C@@H]2CN(C(=O)C3CC3)CC[C@H]21. The number of fused-ring (bicyclic) bond motifs is 3. The highest BCUT2D eigenvalue weighted by Gasteiger charge is 2.45. The van der Waals surface area contributed by atoms with E-state index >= 15 is 0 Å². The van der Waals surface area contributed by atoms with Gasteiger partial charge in [0.25, 0.3) is 0 Å². The van der Waals surface area contributed by atoms with Crippen LogP contribution in [0.4, 0.5) is 5.69 Å². The summed E-state index contributed by atoms with van der Waals surface area (Å²) in [7, 11) is 0. The molecular weight excluding hydrogens is 260 g/mol. The van der Waals surface area contributed by atoms with Gasteiger partial charge in [-0.1, -0.05) is 18.2 Å². The van der Waals surface area contributed by atoms with Crippen LogP contribution >= 0.6 is 0 Å². The molecule has 4 rings (SSSR count). The lowest BCUT2D eigenvalue weighted by molar-refractivity contribution is -0.133. The van der Waals surface area contributed by atoms with Crippen LogP contribution in [0.2, 0.25) is 0 Å². The number of rotatable bonds is 2. The van der Waals surface area contributed by atoms with E-state index < -0.39 is 0 Å². The third kappa shape index (κ3) is 2.05. The number of likely N-dealkylation sites (tertiary alicyclic amines) is 1. The third-order valence-electron chi connectivity index (χ3n) is 5.34. The van der Waals surface area contributed by atoms with Gasteiger partial charge >= 0.3 is 0 Å². The van der Waals surface area contributed by atoms with Gasteiger partial charge in [0.1, 0.15) is 0 Å². The second-order valence-corrected chi connectivity index (χ2v) is 7.08. The molecule has 2 aliphatic heterocycles. The average Bonchev–Trinajstić information content (AvgIpc) is 3.27. The van der Waals surface area contributed by atoms with Crippen molar-refractivity contribution in [2.75, 3.05) is 18.0 Å². The number of nitrogens with zero attached hydrogens (tertiary/aromatic N) is 2. The summed E-state index contributed by atoms with van der Waals surface area (Å²) >= 11 is 0. The molecule has 1 amide bonds. The Morgan fingerprint density at radius 1 is 1.19 bits per heavy atom. The minimum atomic E-state index is 0.347. The van der Waals surface area contributed by atoms with Crippen molar-refractivity contribution < 1.29 is 4.79 Å². The van der Waals surface area contributed by atoms with Crippen molar-refractivity contribution in [2.24, 2.45) is 5.92 Å². The summed E-state index contributed by atoms with van der Waals surface area (Å²) in [5, 5.41) is 0.